The predicted molar refractivity (Wildman–Crippen MR) is 114 cm³/mol. The van der Waals surface area contributed by atoms with Gasteiger partial charge in [-0.3, -0.25) is 0 Å². The number of aromatic nitrogens is 1. The molecule has 0 spiro atoms. The Kier molecular flexibility index (Phi) is 5.63. The molecule has 0 bridgehead atoms. The number of hydrogen-bond acceptors (Lipinski definition) is 5. The number of likely N-dealkylation sites (tertiary alicyclic amines) is 2. The van der Waals surface area contributed by atoms with Crippen molar-refractivity contribution in [1.82, 2.24) is 19.5 Å². The molecular weight excluding hydrogens is 408 g/mol. The summed E-state index contributed by atoms with van der Waals surface area (Å²) >= 11 is 1.63. The number of hydrogen-bond donors (Lipinski definition) is 1. The van der Waals surface area contributed by atoms with Crippen molar-refractivity contribution < 1.29 is 13.2 Å². The molecule has 0 unspecified atom stereocenters. The van der Waals surface area contributed by atoms with Gasteiger partial charge in [0.15, 0.2) is 0 Å². The molecule has 0 radical (unpaired) electrons. The quantitative estimate of drug-likeness (QED) is 0.784. The van der Waals surface area contributed by atoms with Crippen LogP contribution in [0.25, 0.3) is 10.6 Å². The van der Waals surface area contributed by atoms with Crippen LogP contribution in [-0.4, -0.2) is 67.2 Å². The summed E-state index contributed by atoms with van der Waals surface area (Å²) in [5.74, 6) is 0. The highest BCUT2D eigenvalue weighted by atomic mass is 32.2. The normalized spacial score (nSPS) is 22.0. The number of amides is 2. The molecule has 29 heavy (non-hydrogen) atoms. The molecule has 4 rings (SSSR count). The van der Waals surface area contributed by atoms with Gasteiger partial charge >= 0.3 is 6.03 Å². The van der Waals surface area contributed by atoms with Crippen molar-refractivity contribution in [2.75, 3.05) is 25.9 Å². The van der Waals surface area contributed by atoms with Crippen molar-refractivity contribution in [2.45, 2.75) is 38.3 Å². The summed E-state index contributed by atoms with van der Waals surface area (Å²) in [4.78, 5) is 22.5. The Morgan fingerprint density at radius 1 is 1.24 bits per heavy atom. The first kappa shape index (κ1) is 20.3. The average Bonchev–Trinajstić information content (AvgIpc) is 3.17. The summed E-state index contributed by atoms with van der Waals surface area (Å²) in [6.07, 6.45) is 3.36. The molecule has 2 fully saturated rings. The van der Waals surface area contributed by atoms with Crippen LogP contribution in [0.5, 0.6) is 0 Å². The lowest BCUT2D eigenvalue weighted by Gasteiger charge is -2.37. The number of benzene rings is 1. The molecule has 2 aliphatic heterocycles. The zero-order chi connectivity index (χ0) is 20.6. The van der Waals surface area contributed by atoms with Crippen LogP contribution >= 0.6 is 11.3 Å². The smallest absolute Gasteiger partial charge is 0.320 e. The monoisotopic (exact) mass is 434 g/mol. The number of rotatable bonds is 5. The van der Waals surface area contributed by atoms with Crippen LogP contribution in [-0.2, 0) is 16.4 Å². The SMILES string of the molecule is Cc1sc(-c2ccccc2)nc1C[C@@H]1[C@H](NS(C)(=O)=O)CCN1C(=O)N1CCC1. The van der Waals surface area contributed by atoms with Crippen molar-refractivity contribution in [2.24, 2.45) is 0 Å². The number of urea groups is 1. The number of nitrogens with zero attached hydrogens (tertiary/aromatic N) is 3. The molecule has 2 aromatic rings. The molecule has 2 aliphatic rings. The van der Waals surface area contributed by atoms with Gasteiger partial charge < -0.3 is 9.80 Å². The fourth-order valence-electron chi connectivity index (χ4n) is 3.96. The Labute approximate surface area is 175 Å². The van der Waals surface area contributed by atoms with Crippen LogP contribution in [0, 0.1) is 6.92 Å². The van der Waals surface area contributed by atoms with Gasteiger partial charge in [-0.2, -0.15) is 0 Å². The third-order valence-corrected chi connectivity index (χ3v) is 7.39. The van der Waals surface area contributed by atoms with Gasteiger partial charge in [-0.1, -0.05) is 30.3 Å². The van der Waals surface area contributed by atoms with E-state index in [2.05, 4.69) is 4.72 Å². The van der Waals surface area contributed by atoms with E-state index >= 15 is 0 Å². The third kappa shape index (κ3) is 4.46. The number of carbonyl (C=O) groups is 1. The van der Waals surface area contributed by atoms with E-state index in [0.717, 1.165) is 40.7 Å². The standard InChI is InChI=1S/C20H26N4O3S2/c1-14-17(21-19(28-14)15-7-4-3-5-8-15)13-18-16(22-29(2,26)27)9-12-24(18)20(25)23-10-6-11-23/h3-5,7-8,16,18,22H,6,9-13H2,1-2H3/t16-,18-/m1/s1. The maximum absolute atomic E-state index is 12.9. The largest absolute Gasteiger partial charge is 0.325 e. The number of aryl methyl sites for hydroxylation is 1. The molecule has 1 aromatic heterocycles. The van der Waals surface area contributed by atoms with Crippen molar-refractivity contribution in [3.63, 3.8) is 0 Å². The number of carbonyl (C=O) groups excluding carboxylic acids is 1. The lowest BCUT2D eigenvalue weighted by molar-refractivity contribution is 0.120. The maximum Gasteiger partial charge on any atom is 0.320 e. The Morgan fingerprint density at radius 3 is 2.59 bits per heavy atom. The lowest BCUT2D eigenvalue weighted by atomic mass is 10.0. The molecule has 2 saturated heterocycles. The molecule has 156 valence electrons. The second-order valence-corrected chi connectivity index (χ2v) is 10.7. The van der Waals surface area contributed by atoms with E-state index in [-0.39, 0.29) is 18.1 Å². The Hall–Kier alpha value is -1.97. The van der Waals surface area contributed by atoms with Gasteiger partial charge in [0.05, 0.1) is 18.0 Å². The van der Waals surface area contributed by atoms with Gasteiger partial charge in [-0.15, -0.1) is 11.3 Å². The van der Waals surface area contributed by atoms with Crippen LogP contribution in [0.3, 0.4) is 0 Å². The molecule has 0 saturated carbocycles. The van der Waals surface area contributed by atoms with Crippen LogP contribution in [0.4, 0.5) is 4.79 Å². The van der Waals surface area contributed by atoms with E-state index in [0.29, 0.717) is 19.4 Å². The number of sulfonamides is 1. The molecule has 2 atom stereocenters. The Bertz CT molecular complexity index is 986. The molecule has 2 amide bonds. The zero-order valence-electron chi connectivity index (χ0n) is 16.7. The highest BCUT2D eigenvalue weighted by molar-refractivity contribution is 7.88. The van der Waals surface area contributed by atoms with Crippen LogP contribution < -0.4 is 4.72 Å². The van der Waals surface area contributed by atoms with Gasteiger partial charge in [0.25, 0.3) is 0 Å². The Balaban J connectivity index is 1.59. The first-order valence-electron chi connectivity index (χ1n) is 9.86. The predicted octanol–water partition coefficient (Wildman–Crippen LogP) is 2.48. The van der Waals surface area contributed by atoms with E-state index in [1.807, 2.05) is 47.1 Å². The number of thiazole rings is 1. The summed E-state index contributed by atoms with van der Waals surface area (Å²) in [6.45, 7) is 4.15. The summed E-state index contributed by atoms with van der Waals surface area (Å²) < 4.78 is 26.5. The highest BCUT2D eigenvalue weighted by Crippen LogP contribution is 2.31. The topological polar surface area (TPSA) is 82.6 Å². The van der Waals surface area contributed by atoms with E-state index in [1.165, 1.54) is 6.26 Å². The van der Waals surface area contributed by atoms with Crippen molar-refractivity contribution >= 4 is 27.4 Å². The lowest BCUT2D eigenvalue weighted by Crippen LogP contribution is -2.54. The average molecular weight is 435 g/mol. The minimum Gasteiger partial charge on any atom is -0.325 e. The zero-order valence-corrected chi connectivity index (χ0v) is 18.3. The summed E-state index contributed by atoms with van der Waals surface area (Å²) in [5.41, 5.74) is 2.00. The van der Waals surface area contributed by atoms with Gasteiger partial charge in [-0.25, -0.2) is 22.9 Å². The molecule has 0 aliphatic carbocycles. The minimum atomic E-state index is -3.36. The van der Waals surface area contributed by atoms with E-state index in [9.17, 15) is 13.2 Å². The number of nitrogens with one attached hydrogen (secondary N) is 1. The first-order chi connectivity index (χ1) is 13.8. The van der Waals surface area contributed by atoms with Crippen LogP contribution in [0.1, 0.15) is 23.4 Å². The summed E-state index contributed by atoms with van der Waals surface area (Å²) in [5, 5.41) is 0.948. The molecule has 9 heteroatoms. The second kappa shape index (κ2) is 8.04. The second-order valence-electron chi connectivity index (χ2n) is 7.76. The first-order valence-corrected chi connectivity index (χ1v) is 12.6. The summed E-state index contributed by atoms with van der Waals surface area (Å²) in [7, 11) is -3.36. The molecule has 1 N–H and O–H groups in total. The van der Waals surface area contributed by atoms with Crippen LogP contribution in [0.15, 0.2) is 30.3 Å². The molecular formula is C20H26N4O3S2. The highest BCUT2D eigenvalue weighted by Gasteiger charge is 2.41. The van der Waals surface area contributed by atoms with Crippen molar-refractivity contribution in [1.29, 1.82) is 0 Å². The molecule has 1 aromatic carbocycles. The van der Waals surface area contributed by atoms with Crippen molar-refractivity contribution in [3.8, 4) is 10.6 Å². The van der Waals surface area contributed by atoms with Gasteiger partial charge in [0.1, 0.15) is 5.01 Å². The third-order valence-electron chi connectivity index (χ3n) is 5.60. The van der Waals surface area contributed by atoms with E-state index < -0.39 is 10.0 Å². The van der Waals surface area contributed by atoms with Crippen molar-refractivity contribution in [3.05, 3.63) is 40.9 Å². The summed E-state index contributed by atoms with van der Waals surface area (Å²) in [6, 6.07) is 9.50. The Morgan fingerprint density at radius 2 is 1.97 bits per heavy atom. The van der Waals surface area contributed by atoms with E-state index in [4.69, 9.17) is 4.98 Å². The van der Waals surface area contributed by atoms with Crippen LogP contribution in [0.2, 0.25) is 0 Å². The minimum absolute atomic E-state index is 0.00946. The molecule has 7 nitrogen and oxygen atoms in total. The van der Waals surface area contributed by atoms with Gasteiger partial charge in [0, 0.05) is 42.5 Å². The fraction of sp³-hybridized carbons (Fsp3) is 0.500. The van der Waals surface area contributed by atoms with E-state index in [1.54, 1.807) is 11.3 Å². The molecule has 3 heterocycles. The maximum atomic E-state index is 12.9. The fourth-order valence-corrected chi connectivity index (χ4v) is 5.74. The van der Waals surface area contributed by atoms with Gasteiger partial charge in [0.2, 0.25) is 10.0 Å². The van der Waals surface area contributed by atoms with Gasteiger partial charge in [-0.05, 0) is 19.8 Å².